The minimum Gasteiger partial charge on any atom is -0.311 e. The van der Waals surface area contributed by atoms with Gasteiger partial charge in [0.25, 0.3) is 5.56 Å². The zero-order valence-electron chi connectivity index (χ0n) is 11.2. The third-order valence-corrected chi connectivity index (χ3v) is 4.75. The van der Waals surface area contributed by atoms with E-state index in [9.17, 15) is 9.59 Å². The molecule has 1 aromatic carbocycles. The lowest BCUT2D eigenvalue weighted by Crippen LogP contribution is -2.31. The monoisotopic (exact) mass is 331 g/mol. The average Bonchev–Trinajstić information content (AvgIpc) is 2.94. The van der Waals surface area contributed by atoms with E-state index in [1.165, 1.54) is 11.3 Å². The van der Waals surface area contributed by atoms with Crippen LogP contribution in [0.1, 0.15) is 23.5 Å². The molecule has 110 valence electrons. The van der Waals surface area contributed by atoms with Crippen LogP contribution in [0.4, 0.5) is 5.82 Å². The van der Waals surface area contributed by atoms with Crippen LogP contribution in [-0.2, 0) is 4.79 Å². The molecule has 0 fully saturated rings. The highest BCUT2D eigenvalue weighted by molar-refractivity contribution is 7.15. The molecule has 3 aromatic rings. The predicted octanol–water partition coefficient (Wildman–Crippen LogP) is 2.88. The summed E-state index contributed by atoms with van der Waals surface area (Å²) in [5, 5.41) is 5.21. The summed E-state index contributed by atoms with van der Waals surface area (Å²) in [4.78, 5) is 29.2. The SMILES string of the molecule is O=C1CC(c2cccc(Cl)c2)c2c(n3ccsc3nc2=O)N1. The maximum atomic E-state index is 12.4. The molecule has 1 unspecified atom stereocenters. The fourth-order valence-corrected chi connectivity index (χ4v) is 3.73. The van der Waals surface area contributed by atoms with Gasteiger partial charge in [0.2, 0.25) is 5.91 Å². The van der Waals surface area contributed by atoms with Crippen molar-refractivity contribution >= 4 is 39.6 Å². The molecule has 1 amide bonds. The van der Waals surface area contributed by atoms with Gasteiger partial charge in [-0.15, -0.1) is 11.3 Å². The molecule has 1 aliphatic heterocycles. The van der Waals surface area contributed by atoms with Gasteiger partial charge in [-0.25, -0.2) is 0 Å². The van der Waals surface area contributed by atoms with Gasteiger partial charge in [0.1, 0.15) is 5.82 Å². The summed E-state index contributed by atoms with van der Waals surface area (Å²) >= 11 is 7.40. The Morgan fingerprint density at radius 3 is 3.05 bits per heavy atom. The fourth-order valence-electron chi connectivity index (χ4n) is 2.82. The summed E-state index contributed by atoms with van der Waals surface area (Å²) in [5.41, 5.74) is 1.05. The van der Waals surface area contributed by atoms with Gasteiger partial charge >= 0.3 is 0 Å². The van der Waals surface area contributed by atoms with Crippen LogP contribution in [0.3, 0.4) is 0 Å². The molecule has 0 radical (unpaired) electrons. The van der Waals surface area contributed by atoms with Crippen molar-refractivity contribution in [2.24, 2.45) is 0 Å². The number of nitrogens with one attached hydrogen (secondary N) is 1. The first-order valence-electron chi connectivity index (χ1n) is 6.68. The van der Waals surface area contributed by atoms with Crippen molar-refractivity contribution in [2.45, 2.75) is 12.3 Å². The number of hydrogen-bond acceptors (Lipinski definition) is 4. The van der Waals surface area contributed by atoms with Gasteiger partial charge < -0.3 is 5.32 Å². The van der Waals surface area contributed by atoms with Gasteiger partial charge in [0.05, 0.1) is 5.56 Å². The van der Waals surface area contributed by atoms with Crippen LogP contribution < -0.4 is 10.9 Å². The van der Waals surface area contributed by atoms with Crippen LogP contribution in [0.15, 0.2) is 40.6 Å². The summed E-state index contributed by atoms with van der Waals surface area (Å²) < 4.78 is 1.75. The average molecular weight is 332 g/mol. The number of amides is 1. The van der Waals surface area contributed by atoms with Crippen LogP contribution in [0, 0.1) is 0 Å². The van der Waals surface area contributed by atoms with Crippen LogP contribution in [0.2, 0.25) is 5.02 Å². The molecule has 22 heavy (non-hydrogen) atoms. The minimum atomic E-state index is -0.334. The normalized spacial score (nSPS) is 17.3. The number of rotatable bonds is 1. The second kappa shape index (κ2) is 4.93. The molecule has 1 N–H and O–H groups in total. The molecule has 0 spiro atoms. The highest BCUT2D eigenvalue weighted by Crippen LogP contribution is 2.36. The molecule has 3 heterocycles. The Labute approximate surface area is 134 Å². The molecule has 1 aliphatic rings. The van der Waals surface area contributed by atoms with E-state index in [4.69, 9.17) is 11.6 Å². The third-order valence-electron chi connectivity index (χ3n) is 3.76. The van der Waals surface area contributed by atoms with E-state index in [2.05, 4.69) is 10.3 Å². The summed E-state index contributed by atoms with van der Waals surface area (Å²) in [6.07, 6.45) is 2.01. The predicted molar refractivity (Wildman–Crippen MR) is 85.9 cm³/mol. The maximum Gasteiger partial charge on any atom is 0.279 e. The Morgan fingerprint density at radius 2 is 2.23 bits per heavy atom. The molecule has 5 nitrogen and oxygen atoms in total. The highest BCUT2D eigenvalue weighted by Gasteiger charge is 2.31. The standard InChI is InChI=1S/C15H10ClN3O2S/c16-9-3-1-2-8(6-9)10-7-11(20)17-13-12(10)14(21)18-15-19(13)4-5-22-15/h1-6,10H,7H2,(H,17,20). The molecule has 0 aliphatic carbocycles. The lowest BCUT2D eigenvalue weighted by atomic mass is 9.87. The molecule has 2 aromatic heterocycles. The van der Waals surface area contributed by atoms with Crippen LogP contribution >= 0.6 is 22.9 Å². The van der Waals surface area contributed by atoms with Gasteiger partial charge in [0, 0.05) is 28.9 Å². The van der Waals surface area contributed by atoms with E-state index < -0.39 is 0 Å². The molecule has 0 saturated heterocycles. The third kappa shape index (κ3) is 2.03. The van der Waals surface area contributed by atoms with Crippen LogP contribution in [0.5, 0.6) is 0 Å². The van der Waals surface area contributed by atoms with Crippen molar-refractivity contribution in [3.05, 3.63) is 62.3 Å². The van der Waals surface area contributed by atoms with E-state index >= 15 is 0 Å². The number of benzene rings is 1. The van der Waals surface area contributed by atoms with Gasteiger partial charge in [-0.2, -0.15) is 4.98 Å². The minimum absolute atomic E-state index is 0.122. The van der Waals surface area contributed by atoms with E-state index in [0.717, 1.165) is 5.56 Å². The van der Waals surface area contributed by atoms with Crippen molar-refractivity contribution in [3.63, 3.8) is 0 Å². The number of fused-ring (bicyclic) bond motifs is 3. The number of carbonyl (C=O) groups excluding carboxylic acids is 1. The number of nitrogens with zero attached hydrogens (tertiary/aromatic N) is 2. The summed E-state index contributed by atoms with van der Waals surface area (Å²) in [7, 11) is 0. The van der Waals surface area contributed by atoms with Gasteiger partial charge in [-0.05, 0) is 17.7 Å². The smallest absolute Gasteiger partial charge is 0.279 e. The Balaban J connectivity index is 2.01. The maximum absolute atomic E-state index is 12.4. The van der Waals surface area contributed by atoms with Crippen molar-refractivity contribution in [1.82, 2.24) is 9.38 Å². The van der Waals surface area contributed by atoms with Gasteiger partial charge in [-0.1, -0.05) is 23.7 Å². The van der Waals surface area contributed by atoms with E-state index in [1.54, 1.807) is 22.7 Å². The Kier molecular flexibility index (Phi) is 3.02. The van der Waals surface area contributed by atoms with Crippen molar-refractivity contribution in [1.29, 1.82) is 0 Å². The van der Waals surface area contributed by atoms with Gasteiger partial charge in [0.15, 0.2) is 4.96 Å². The van der Waals surface area contributed by atoms with Gasteiger partial charge in [-0.3, -0.25) is 14.0 Å². The van der Waals surface area contributed by atoms with Crippen LogP contribution in [0.25, 0.3) is 4.96 Å². The highest BCUT2D eigenvalue weighted by atomic mass is 35.5. The summed E-state index contributed by atoms with van der Waals surface area (Å²) in [6, 6.07) is 7.25. The number of halogens is 1. The molecule has 7 heteroatoms. The summed E-state index contributed by atoms with van der Waals surface area (Å²) in [6.45, 7) is 0. The van der Waals surface area contributed by atoms with E-state index in [0.29, 0.717) is 21.4 Å². The molecule has 4 rings (SSSR count). The van der Waals surface area contributed by atoms with Crippen LogP contribution in [-0.4, -0.2) is 15.3 Å². The van der Waals surface area contributed by atoms with Crippen molar-refractivity contribution in [3.8, 4) is 0 Å². The topological polar surface area (TPSA) is 63.5 Å². The second-order valence-corrected chi connectivity index (χ2v) is 6.40. The first-order valence-corrected chi connectivity index (χ1v) is 7.94. The van der Waals surface area contributed by atoms with Crippen molar-refractivity contribution in [2.75, 3.05) is 5.32 Å². The number of hydrogen-bond donors (Lipinski definition) is 1. The van der Waals surface area contributed by atoms with Crippen molar-refractivity contribution < 1.29 is 4.79 Å². The second-order valence-electron chi connectivity index (χ2n) is 5.09. The number of anilines is 1. The number of aromatic nitrogens is 2. The Hall–Kier alpha value is -2.18. The number of thiazole rings is 1. The first-order chi connectivity index (χ1) is 10.6. The zero-order valence-corrected chi connectivity index (χ0v) is 12.8. The molecule has 0 bridgehead atoms. The Morgan fingerprint density at radius 1 is 1.36 bits per heavy atom. The molecule has 0 saturated carbocycles. The zero-order chi connectivity index (χ0) is 15.3. The summed E-state index contributed by atoms with van der Waals surface area (Å²) in [5.74, 6) is 0.0554. The Bertz CT molecular complexity index is 963. The lowest BCUT2D eigenvalue weighted by molar-refractivity contribution is -0.116. The fraction of sp³-hybridized carbons (Fsp3) is 0.133. The van der Waals surface area contributed by atoms with E-state index in [1.807, 2.05) is 17.5 Å². The van der Waals surface area contributed by atoms with E-state index in [-0.39, 0.29) is 23.8 Å². The first kappa shape index (κ1) is 13.5. The molecule has 1 atom stereocenters. The lowest BCUT2D eigenvalue weighted by Gasteiger charge is -2.25. The molecular formula is C15H10ClN3O2S. The largest absolute Gasteiger partial charge is 0.311 e. The quantitative estimate of drug-likeness (QED) is 0.745. The number of carbonyl (C=O) groups is 1. The molecular weight excluding hydrogens is 322 g/mol.